The SMILES string of the molecule is CC1(NCC2CCCC2)CC=CCC1. The Bertz CT molecular complexity index is 203. The van der Waals surface area contributed by atoms with Crippen LogP contribution in [0.25, 0.3) is 0 Å². The molecule has 1 heteroatoms. The van der Waals surface area contributed by atoms with Gasteiger partial charge in [-0.2, -0.15) is 0 Å². The van der Waals surface area contributed by atoms with Crippen LogP contribution in [-0.2, 0) is 0 Å². The molecule has 1 N–H and O–H groups in total. The molecule has 0 bridgehead atoms. The van der Waals surface area contributed by atoms with E-state index in [4.69, 9.17) is 0 Å². The van der Waals surface area contributed by atoms with Gasteiger partial charge in [-0.15, -0.1) is 0 Å². The van der Waals surface area contributed by atoms with Crippen LogP contribution in [0.5, 0.6) is 0 Å². The molecule has 0 radical (unpaired) electrons. The molecule has 0 saturated heterocycles. The molecule has 0 amide bonds. The van der Waals surface area contributed by atoms with Crippen molar-refractivity contribution in [2.75, 3.05) is 6.54 Å². The van der Waals surface area contributed by atoms with Crippen LogP contribution >= 0.6 is 0 Å². The van der Waals surface area contributed by atoms with E-state index >= 15 is 0 Å². The van der Waals surface area contributed by atoms with Gasteiger partial charge in [-0.05, 0) is 51.5 Å². The summed E-state index contributed by atoms with van der Waals surface area (Å²) in [6, 6.07) is 0. The van der Waals surface area contributed by atoms with E-state index in [9.17, 15) is 0 Å². The minimum Gasteiger partial charge on any atom is -0.311 e. The fourth-order valence-corrected chi connectivity index (χ4v) is 2.73. The van der Waals surface area contributed by atoms with Gasteiger partial charge in [0.1, 0.15) is 0 Å². The molecule has 0 spiro atoms. The first kappa shape index (κ1) is 10.2. The first-order valence-corrected chi connectivity index (χ1v) is 6.19. The molecule has 0 aromatic rings. The third-order valence-corrected chi connectivity index (χ3v) is 3.89. The maximum absolute atomic E-state index is 3.79. The average molecular weight is 193 g/mol. The Morgan fingerprint density at radius 2 is 2.07 bits per heavy atom. The minimum absolute atomic E-state index is 0.400. The Hall–Kier alpha value is -0.300. The summed E-state index contributed by atoms with van der Waals surface area (Å²) in [5, 5.41) is 3.79. The Kier molecular flexibility index (Phi) is 3.27. The van der Waals surface area contributed by atoms with Crippen molar-refractivity contribution in [3.8, 4) is 0 Å². The highest BCUT2D eigenvalue weighted by molar-refractivity contribution is 5.00. The van der Waals surface area contributed by atoms with Crippen molar-refractivity contribution in [3.05, 3.63) is 12.2 Å². The zero-order chi connectivity index (χ0) is 9.86. The van der Waals surface area contributed by atoms with Crippen LogP contribution in [0.15, 0.2) is 12.2 Å². The van der Waals surface area contributed by atoms with Gasteiger partial charge in [-0.3, -0.25) is 0 Å². The summed E-state index contributed by atoms with van der Waals surface area (Å²) in [6.07, 6.45) is 14.3. The van der Waals surface area contributed by atoms with Gasteiger partial charge in [-0.1, -0.05) is 25.0 Å². The average Bonchev–Trinajstić information content (AvgIpc) is 2.69. The van der Waals surface area contributed by atoms with Gasteiger partial charge in [0.2, 0.25) is 0 Å². The van der Waals surface area contributed by atoms with Crippen LogP contribution in [0.1, 0.15) is 51.9 Å². The highest BCUT2D eigenvalue weighted by Crippen LogP contribution is 2.27. The van der Waals surface area contributed by atoms with Gasteiger partial charge >= 0.3 is 0 Å². The Labute approximate surface area is 88.0 Å². The molecule has 2 aliphatic rings. The number of allylic oxidation sites excluding steroid dienone is 1. The summed E-state index contributed by atoms with van der Waals surface area (Å²) in [5.41, 5.74) is 0.400. The zero-order valence-electron chi connectivity index (χ0n) is 9.39. The van der Waals surface area contributed by atoms with Crippen LogP contribution < -0.4 is 5.32 Å². The second kappa shape index (κ2) is 4.48. The molecule has 14 heavy (non-hydrogen) atoms. The second-order valence-corrected chi connectivity index (χ2v) is 5.31. The lowest BCUT2D eigenvalue weighted by Gasteiger charge is -2.33. The maximum Gasteiger partial charge on any atom is 0.0190 e. The molecular formula is C13H23N. The lowest BCUT2D eigenvalue weighted by molar-refractivity contribution is 0.301. The Balaban J connectivity index is 1.75. The molecule has 1 atom stereocenters. The molecule has 2 aliphatic carbocycles. The van der Waals surface area contributed by atoms with Crippen LogP contribution in [-0.4, -0.2) is 12.1 Å². The standard InChI is InChI=1S/C13H23N/c1-13(9-5-2-6-10-13)14-11-12-7-3-4-8-12/h2,5,12,14H,3-4,6-11H2,1H3. The summed E-state index contributed by atoms with van der Waals surface area (Å²) < 4.78 is 0. The largest absolute Gasteiger partial charge is 0.311 e. The first-order chi connectivity index (χ1) is 6.79. The van der Waals surface area contributed by atoms with Crippen LogP contribution in [0.4, 0.5) is 0 Å². The van der Waals surface area contributed by atoms with E-state index in [2.05, 4.69) is 24.4 Å². The van der Waals surface area contributed by atoms with Crippen LogP contribution in [0, 0.1) is 5.92 Å². The predicted molar refractivity (Wildman–Crippen MR) is 61.4 cm³/mol. The summed E-state index contributed by atoms with van der Waals surface area (Å²) >= 11 is 0. The fourth-order valence-electron chi connectivity index (χ4n) is 2.73. The van der Waals surface area contributed by atoms with Gasteiger partial charge in [0.25, 0.3) is 0 Å². The summed E-state index contributed by atoms with van der Waals surface area (Å²) in [7, 11) is 0. The van der Waals surface area contributed by atoms with Crippen LogP contribution in [0.3, 0.4) is 0 Å². The molecule has 1 fully saturated rings. The normalized spacial score (nSPS) is 33.8. The summed E-state index contributed by atoms with van der Waals surface area (Å²) in [5.74, 6) is 0.970. The van der Waals surface area contributed by atoms with Crippen LogP contribution in [0.2, 0.25) is 0 Å². The number of rotatable bonds is 3. The van der Waals surface area contributed by atoms with E-state index in [0.29, 0.717) is 5.54 Å². The van der Waals surface area contributed by atoms with Crippen molar-refractivity contribution in [1.82, 2.24) is 5.32 Å². The van der Waals surface area contributed by atoms with E-state index in [1.54, 1.807) is 0 Å². The van der Waals surface area contributed by atoms with Gasteiger partial charge < -0.3 is 5.32 Å². The predicted octanol–water partition coefficient (Wildman–Crippen LogP) is 3.27. The summed E-state index contributed by atoms with van der Waals surface area (Å²) in [4.78, 5) is 0. The topological polar surface area (TPSA) is 12.0 Å². The molecule has 0 aromatic heterocycles. The number of hydrogen-bond acceptors (Lipinski definition) is 1. The van der Waals surface area contributed by atoms with E-state index < -0.39 is 0 Å². The van der Waals surface area contributed by atoms with E-state index in [1.165, 1.54) is 51.5 Å². The van der Waals surface area contributed by atoms with Crippen molar-refractivity contribution in [1.29, 1.82) is 0 Å². The van der Waals surface area contributed by atoms with E-state index in [1.807, 2.05) is 0 Å². The van der Waals surface area contributed by atoms with Gasteiger partial charge in [-0.25, -0.2) is 0 Å². The van der Waals surface area contributed by atoms with Crippen molar-refractivity contribution in [2.45, 2.75) is 57.4 Å². The zero-order valence-corrected chi connectivity index (χ0v) is 9.39. The van der Waals surface area contributed by atoms with Crippen molar-refractivity contribution in [2.24, 2.45) is 5.92 Å². The summed E-state index contributed by atoms with van der Waals surface area (Å²) in [6.45, 7) is 3.63. The lowest BCUT2D eigenvalue weighted by Crippen LogP contribution is -2.44. The van der Waals surface area contributed by atoms with Crippen molar-refractivity contribution < 1.29 is 0 Å². The smallest absolute Gasteiger partial charge is 0.0190 e. The monoisotopic (exact) mass is 193 g/mol. The molecule has 1 unspecified atom stereocenters. The number of hydrogen-bond donors (Lipinski definition) is 1. The molecule has 80 valence electrons. The molecule has 1 saturated carbocycles. The van der Waals surface area contributed by atoms with Gasteiger partial charge in [0, 0.05) is 5.54 Å². The minimum atomic E-state index is 0.400. The second-order valence-electron chi connectivity index (χ2n) is 5.31. The Morgan fingerprint density at radius 3 is 2.71 bits per heavy atom. The molecular weight excluding hydrogens is 170 g/mol. The van der Waals surface area contributed by atoms with E-state index in [0.717, 1.165) is 5.92 Å². The van der Waals surface area contributed by atoms with E-state index in [-0.39, 0.29) is 0 Å². The molecule has 0 aliphatic heterocycles. The first-order valence-electron chi connectivity index (χ1n) is 6.19. The molecule has 0 heterocycles. The Morgan fingerprint density at radius 1 is 1.29 bits per heavy atom. The van der Waals surface area contributed by atoms with Gasteiger partial charge in [0.05, 0.1) is 0 Å². The lowest BCUT2D eigenvalue weighted by atomic mass is 9.87. The van der Waals surface area contributed by atoms with Crippen molar-refractivity contribution in [3.63, 3.8) is 0 Å². The molecule has 2 rings (SSSR count). The third kappa shape index (κ3) is 2.60. The highest BCUT2D eigenvalue weighted by Gasteiger charge is 2.25. The van der Waals surface area contributed by atoms with Gasteiger partial charge in [0.15, 0.2) is 0 Å². The molecule has 1 nitrogen and oxygen atoms in total. The quantitative estimate of drug-likeness (QED) is 0.678. The maximum atomic E-state index is 3.79. The fraction of sp³-hybridized carbons (Fsp3) is 0.846. The van der Waals surface area contributed by atoms with Crippen molar-refractivity contribution >= 4 is 0 Å². The number of nitrogens with one attached hydrogen (secondary N) is 1. The molecule has 0 aromatic carbocycles. The highest BCUT2D eigenvalue weighted by atomic mass is 15.0. The third-order valence-electron chi connectivity index (χ3n) is 3.89.